The highest BCUT2D eigenvalue weighted by Crippen LogP contribution is 2.23. The van der Waals surface area contributed by atoms with Gasteiger partial charge in [-0.25, -0.2) is 0 Å². The number of likely N-dealkylation sites (N-methyl/N-ethyl adjacent to an activating group) is 5. The second-order valence-corrected chi connectivity index (χ2v) is 32.1. The van der Waals surface area contributed by atoms with Crippen LogP contribution in [0.25, 0.3) is 0 Å². The number of phenolic OH excluding ortho intramolecular Hbond substituents is 2. The van der Waals surface area contributed by atoms with Crippen LogP contribution >= 0.6 is 11.8 Å². The normalized spacial score (nSPS) is 22.3. The van der Waals surface area contributed by atoms with Gasteiger partial charge in [-0.3, -0.25) is 81.5 Å². The Morgan fingerprint density at radius 2 is 0.837 bits per heavy atom. The molecule has 15 N–H and O–H groups in total. The molecule has 0 aromatic heterocycles. The molecule has 664 valence electrons. The van der Waals surface area contributed by atoms with Crippen LogP contribution in [0.4, 0.5) is 0 Å². The minimum absolute atomic E-state index is 0.0203. The number of nitrogens with zero attached hydrogens (tertiary/aromatic N) is 5. The number of carbonyl (C=O) groups is 17. The van der Waals surface area contributed by atoms with E-state index in [1.54, 1.807) is 105 Å². The first-order chi connectivity index (χ1) is 58.2. The first-order valence-corrected chi connectivity index (χ1v) is 41.3. The molecule has 1 saturated heterocycles. The topological polar surface area (TPSA) is 522 Å². The largest absolute Gasteiger partial charge is 0.508 e. The Morgan fingerprint density at radius 3 is 1.31 bits per heavy atom. The van der Waals surface area contributed by atoms with Crippen molar-refractivity contribution in [3.05, 3.63) is 167 Å². The summed E-state index contributed by atoms with van der Waals surface area (Å²) in [7, 11) is 6.33. The van der Waals surface area contributed by atoms with Crippen molar-refractivity contribution >= 4 is 112 Å². The van der Waals surface area contributed by atoms with Gasteiger partial charge in [0.1, 0.15) is 78.0 Å². The highest BCUT2D eigenvalue weighted by Gasteiger charge is 2.42. The molecule has 1 aliphatic rings. The second kappa shape index (κ2) is 48.5. The fraction of sp³-hybridized carbons (Fsp3) is 0.453. The lowest BCUT2D eigenvalue weighted by Gasteiger charge is -2.37. The Morgan fingerprint density at radius 1 is 0.439 bits per heavy atom. The number of thioether (sulfide) groups is 1. The fourth-order valence-corrected chi connectivity index (χ4v) is 14.5. The average Bonchev–Trinajstić information content (AvgIpc) is 0.818. The molecule has 1 heterocycles. The lowest BCUT2D eigenvalue weighted by atomic mass is 9.98. The second-order valence-electron chi connectivity index (χ2n) is 31.1. The third-order valence-corrected chi connectivity index (χ3v) is 21.4. The van der Waals surface area contributed by atoms with Gasteiger partial charge in [0.25, 0.3) is 0 Å². The van der Waals surface area contributed by atoms with Crippen LogP contribution in [0.1, 0.15) is 101 Å². The summed E-state index contributed by atoms with van der Waals surface area (Å²) in [6, 6.07) is 18.5. The smallest absolute Gasteiger partial charge is 0.305 e. The number of aliphatic carboxylic acids is 2. The lowest BCUT2D eigenvalue weighted by Crippen LogP contribution is -2.61. The third kappa shape index (κ3) is 31.9. The van der Waals surface area contributed by atoms with Gasteiger partial charge in [0.15, 0.2) is 0 Å². The minimum Gasteiger partial charge on any atom is -0.508 e. The van der Waals surface area contributed by atoms with Crippen molar-refractivity contribution in [3.8, 4) is 11.5 Å². The molecule has 1 aliphatic heterocycles. The van der Waals surface area contributed by atoms with Gasteiger partial charge in [0.05, 0.1) is 38.2 Å². The third-order valence-electron chi connectivity index (χ3n) is 20.3. The van der Waals surface area contributed by atoms with Gasteiger partial charge >= 0.3 is 11.9 Å². The molecule has 1 unspecified atom stereocenters. The van der Waals surface area contributed by atoms with Crippen LogP contribution in [-0.4, -0.2) is 278 Å². The Hall–Kier alpha value is -13.0. The molecular weight excluding hydrogens is 1610 g/mol. The number of benzene rings is 5. The van der Waals surface area contributed by atoms with Crippen LogP contribution < -0.4 is 53.6 Å². The molecule has 0 bridgehead atoms. The number of carboxylic acids is 2. The van der Waals surface area contributed by atoms with E-state index in [2.05, 4.69) is 47.9 Å². The van der Waals surface area contributed by atoms with Gasteiger partial charge in [-0.05, 0) is 76.8 Å². The Bertz CT molecular complexity index is 4510. The molecule has 0 radical (unpaired) electrons. The molecule has 37 heteroatoms. The van der Waals surface area contributed by atoms with E-state index >= 15 is 19.2 Å². The number of rotatable bonds is 23. The molecule has 0 aliphatic carbocycles. The van der Waals surface area contributed by atoms with Crippen LogP contribution in [-0.2, 0) is 114 Å². The Labute approximate surface area is 717 Å². The monoisotopic (exact) mass is 1720 g/mol. The number of hydrogen-bond acceptors (Lipinski definition) is 20. The van der Waals surface area contributed by atoms with Crippen molar-refractivity contribution < 1.29 is 102 Å². The van der Waals surface area contributed by atoms with Gasteiger partial charge in [-0.15, -0.1) is 11.8 Å². The van der Waals surface area contributed by atoms with E-state index in [0.29, 0.717) is 40.7 Å². The van der Waals surface area contributed by atoms with Crippen LogP contribution in [0.2, 0.25) is 0 Å². The highest BCUT2D eigenvalue weighted by molar-refractivity contribution is 8.00. The quantitative estimate of drug-likeness (QED) is 0.0412. The number of primary amides is 1. The van der Waals surface area contributed by atoms with Crippen LogP contribution in [0.15, 0.2) is 140 Å². The lowest BCUT2D eigenvalue weighted by molar-refractivity contribution is -0.151. The van der Waals surface area contributed by atoms with Crippen molar-refractivity contribution in [1.82, 2.24) is 72.4 Å². The molecule has 5 aromatic carbocycles. The number of carbonyl (C=O) groups excluding carboxylic acids is 15. The summed E-state index contributed by atoms with van der Waals surface area (Å²) in [5.41, 5.74) is 7.67. The zero-order valence-electron chi connectivity index (χ0n) is 70.5. The summed E-state index contributed by atoms with van der Waals surface area (Å²) >= 11 is 0.792. The van der Waals surface area contributed by atoms with Crippen LogP contribution in [0, 0.1) is 11.8 Å². The number of aromatic hydroxyl groups is 2. The molecule has 6 rings (SSSR count). The zero-order valence-corrected chi connectivity index (χ0v) is 71.4. The standard InChI is InChI=1S/C86H113N15O21S/c1-11-12-28-66-84(120)98(7)47-71(106)90-62(44-74(110)111)80(116)96-75(51(4)5)86(122)100(9)67(41-53-24-18-14-19-25-53)81(117)94-63(40-56-31-35-58(103)36-32-56)82(118)97(6)46-70(105)89-61(43-73(108)109)79(115)93-60(38-55-29-33-57(102)34-30-55)78(114)92-59(37-50(2)3)77(113)95-65(76(112)88-45-69(87)104)48-123-49-72(107)91-64(39-52-22-16-13-17-23-52)83(119)101(10)68(85(121)99(66)8)42-54-26-20-15-21-27-54/h13-27,29-36,50-51,59-68,75,102-103H,11-12,28,37-49H2,1-10H3,(H2,87,104)(H,88,112)(H,89,105)(H,90,106)(H,91,107)(H,92,114)(H,93,115)(H,94,117)(H,95,113)(H,96,116)(H,108,109)(H,110,111)/t59-,60+,61-,62-,63-,64?,65-,66-,67-,68-,75-/m0/s1. The summed E-state index contributed by atoms with van der Waals surface area (Å²) in [6.45, 7) is 5.81. The number of amides is 15. The Balaban J connectivity index is 1.47. The van der Waals surface area contributed by atoms with Gasteiger partial charge in [0, 0.05) is 73.1 Å². The summed E-state index contributed by atoms with van der Waals surface area (Å²) in [5, 5.41) is 63.6. The van der Waals surface area contributed by atoms with Gasteiger partial charge < -0.3 is 98.5 Å². The summed E-state index contributed by atoms with van der Waals surface area (Å²) < 4.78 is 0. The maximum Gasteiger partial charge on any atom is 0.305 e. The van der Waals surface area contributed by atoms with Crippen LogP contribution in [0.3, 0.4) is 0 Å². The Kier molecular flexibility index (Phi) is 39.0. The SMILES string of the molecule is CCCC[C@H]1C(=O)N(C)CC(=O)N[C@@H](CC(=O)O)C(=O)N[C@@H](C(C)C)C(=O)N(C)[C@@H](Cc2ccccc2)C(=O)N[C@@H](Cc2ccc(O)cc2)C(=O)N(C)CC(=O)N[C@@H](CC(=O)O)C(=O)N[C@H](Cc2ccc(O)cc2)C(=O)N[C@@H](CC(C)C)C(=O)N[C@H](C(=O)NCC(N)=O)CSCC(=O)NC(Cc2ccccc2)C(=O)N(C)[C@@H](Cc2ccccc2)C(=O)N1C. The molecule has 0 saturated carbocycles. The first-order valence-electron chi connectivity index (χ1n) is 40.2. The van der Waals surface area contributed by atoms with E-state index in [0.717, 1.165) is 43.3 Å². The molecule has 0 spiro atoms. The first kappa shape index (κ1) is 98.9. The number of carboxylic acid groups (broad SMARTS) is 2. The number of phenols is 2. The predicted molar refractivity (Wildman–Crippen MR) is 452 cm³/mol. The summed E-state index contributed by atoms with van der Waals surface area (Å²) in [5.74, 6) is -20.4. The molecule has 36 nitrogen and oxygen atoms in total. The fourth-order valence-electron chi connectivity index (χ4n) is 13.6. The van der Waals surface area contributed by atoms with E-state index in [-0.39, 0.29) is 50.0 Å². The number of nitrogens with one attached hydrogen (secondary N) is 9. The number of nitrogens with two attached hydrogens (primary N) is 1. The predicted octanol–water partition coefficient (Wildman–Crippen LogP) is 0.0773. The van der Waals surface area contributed by atoms with E-state index in [1.807, 2.05) is 6.92 Å². The number of unbranched alkanes of at least 4 members (excludes halogenated alkanes) is 1. The summed E-state index contributed by atoms with van der Waals surface area (Å²) in [4.78, 5) is 249. The molecule has 1 fully saturated rings. The minimum atomic E-state index is -2.02. The molecule has 123 heavy (non-hydrogen) atoms. The van der Waals surface area contributed by atoms with E-state index in [9.17, 15) is 82.8 Å². The molecule has 15 amide bonds. The number of hydrogen-bond donors (Lipinski definition) is 14. The average molecular weight is 1730 g/mol. The van der Waals surface area contributed by atoms with Crippen molar-refractivity contribution in [2.75, 3.05) is 66.4 Å². The van der Waals surface area contributed by atoms with E-state index < -0.39 is 229 Å². The van der Waals surface area contributed by atoms with Gasteiger partial charge in [0.2, 0.25) is 88.6 Å². The van der Waals surface area contributed by atoms with Crippen LogP contribution in [0.5, 0.6) is 11.5 Å². The molecular formula is C86H113N15O21S. The highest BCUT2D eigenvalue weighted by atomic mass is 32.2. The molecule has 11 atom stereocenters. The van der Waals surface area contributed by atoms with Crippen molar-refractivity contribution in [1.29, 1.82) is 0 Å². The van der Waals surface area contributed by atoms with Gasteiger partial charge in [-0.1, -0.05) is 163 Å². The van der Waals surface area contributed by atoms with Crippen molar-refractivity contribution in [3.63, 3.8) is 0 Å². The maximum absolute atomic E-state index is 15.5. The van der Waals surface area contributed by atoms with Gasteiger partial charge in [-0.2, -0.15) is 0 Å². The van der Waals surface area contributed by atoms with E-state index in [4.69, 9.17) is 5.73 Å². The maximum atomic E-state index is 15.5. The summed E-state index contributed by atoms with van der Waals surface area (Å²) in [6.07, 6.45) is -2.74. The van der Waals surface area contributed by atoms with E-state index in [1.165, 1.54) is 90.6 Å². The van der Waals surface area contributed by atoms with Crippen molar-refractivity contribution in [2.45, 2.75) is 172 Å². The zero-order chi connectivity index (χ0) is 90.9. The van der Waals surface area contributed by atoms with Crippen molar-refractivity contribution in [2.24, 2.45) is 17.6 Å². The molecule has 5 aromatic rings.